The van der Waals surface area contributed by atoms with Crippen LogP contribution in [0.5, 0.6) is 0 Å². The lowest BCUT2D eigenvalue weighted by atomic mass is 10.2. The summed E-state index contributed by atoms with van der Waals surface area (Å²) in [5.41, 5.74) is 5.80. The Labute approximate surface area is 79.5 Å². The molecule has 0 aromatic rings. The Balaban J connectivity index is 3.56. The van der Waals surface area contributed by atoms with E-state index in [-0.39, 0.29) is 5.91 Å². The number of amides is 1. The predicted octanol–water partition coefficient (Wildman–Crippen LogP) is 0.394. The molecule has 0 bridgehead atoms. The molecular formula is C9H19N3O. The van der Waals surface area contributed by atoms with Gasteiger partial charge in [0.25, 0.3) is 5.91 Å². The molecule has 0 saturated heterocycles. The van der Waals surface area contributed by atoms with E-state index in [1.165, 1.54) is 5.01 Å². The lowest BCUT2D eigenvalue weighted by molar-refractivity contribution is -0.127. The quantitative estimate of drug-likeness (QED) is 0.207. The topological polar surface area (TPSA) is 72.3 Å². The van der Waals surface area contributed by atoms with E-state index < -0.39 is 0 Å². The van der Waals surface area contributed by atoms with Gasteiger partial charge in [0.1, 0.15) is 0 Å². The molecule has 1 amide bonds. The number of hydrogen-bond acceptors (Lipinski definition) is 3. The van der Waals surface area contributed by atoms with Crippen LogP contribution < -0.4 is 11.6 Å². The molecule has 0 aliphatic heterocycles. The molecule has 0 aliphatic rings. The monoisotopic (exact) mass is 185 g/mol. The Bertz CT molecular complexity index is 180. The summed E-state index contributed by atoms with van der Waals surface area (Å²) in [7, 11) is 0. The fourth-order valence-corrected chi connectivity index (χ4v) is 0.950. The standard InChI is InChI=1S/C9H19N3O/c1-8(2)9(13)12(11)7-5-3-4-6-10/h1,3-7,10-11H2,2H3. The minimum Gasteiger partial charge on any atom is -0.330 e. The second-order valence-electron chi connectivity index (χ2n) is 3.13. The fourth-order valence-electron chi connectivity index (χ4n) is 0.950. The summed E-state index contributed by atoms with van der Waals surface area (Å²) in [5, 5.41) is 1.21. The normalized spacial score (nSPS) is 9.77. The van der Waals surface area contributed by atoms with Gasteiger partial charge in [-0.15, -0.1) is 0 Å². The van der Waals surface area contributed by atoms with Gasteiger partial charge in [0.05, 0.1) is 0 Å². The Morgan fingerprint density at radius 1 is 1.38 bits per heavy atom. The molecule has 0 atom stereocenters. The number of rotatable bonds is 6. The minimum absolute atomic E-state index is 0.187. The van der Waals surface area contributed by atoms with Crippen molar-refractivity contribution in [3.05, 3.63) is 12.2 Å². The first-order chi connectivity index (χ1) is 6.09. The zero-order valence-electron chi connectivity index (χ0n) is 8.25. The molecule has 4 N–H and O–H groups in total. The van der Waals surface area contributed by atoms with Crippen LogP contribution in [0.15, 0.2) is 12.2 Å². The van der Waals surface area contributed by atoms with Crippen molar-refractivity contribution in [3.63, 3.8) is 0 Å². The smallest absolute Gasteiger partial charge is 0.262 e. The van der Waals surface area contributed by atoms with Gasteiger partial charge in [0.2, 0.25) is 0 Å². The summed E-state index contributed by atoms with van der Waals surface area (Å²) in [6, 6.07) is 0. The molecule has 76 valence electrons. The van der Waals surface area contributed by atoms with E-state index in [1.807, 2.05) is 0 Å². The molecule has 0 saturated carbocycles. The second kappa shape index (κ2) is 6.62. The third kappa shape index (κ3) is 5.38. The summed E-state index contributed by atoms with van der Waals surface area (Å²) < 4.78 is 0. The van der Waals surface area contributed by atoms with Gasteiger partial charge in [-0.25, -0.2) is 5.84 Å². The Morgan fingerprint density at radius 2 is 2.00 bits per heavy atom. The van der Waals surface area contributed by atoms with Crippen molar-refractivity contribution >= 4 is 5.91 Å². The van der Waals surface area contributed by atoms with Crippen LogP contribution in [-0.4, -0.2) is 24.0 Å². The van der Waals surface area contributed by atoms with Gasteiger partial charge in [-0.2, -0.15) is 0 Å². The molecule has 0 heterocycles. The number of nitrogens with zero attached hydrogens (tertiary/aromatic N) is 1. The van der Waals surface area contributed by atoms with Gasteiger partial charge in [-0.1, -0.05) is 13.0 Å². The Morgan fingerprint density at radius 3 is 2.46 bits per heavy atom. The SMILES string of the molecule is C=C(C)C(=O)N(N)CCCCCN. The zero-order valence-corrected chi connectivity index (χ0v) is 8.25. The summed E-state index contributed by atoms with van der Waals surface area (Å²) in [6.45, 7) is 6.45. The van der Waals surface area contributed by atoms with E-state index >= 15 is 0 Å². The highest BCUT2D eigenvalue weighted by atomic mass is 16.2. The van der Waals surface area contributed by atoms with Gasteiger partial charge in [0, 0.05) is 12.1 Å². The maximum atomic E-state index is 11.2. The molecule has 0 radical (unpaired) electrons. The molecule has 0 unspecified atom stereocenters. The maximum absolute atomic E-state index is 11.2. The van der Waals surface area contributed by atoms with E-state index in [9.17, 15) is 4.79 Å². The van der Waals surface area contributed by atoms with Crippen LogP contribution in [0, 0.1) is 0 Å². The van der Waals surface area contributed by atoms with Crippen molar-refractivity contribution in [1.82, 2.24) is 5.01 Å². The average molecular weight is 185 g/mol. The number of nitrogens with two attached hydrogens (primary N) is 2. The van der Waals surface area contributed by atoms with Crippen molar-refractivity contribution in [1.29, 1.82) is 0 Å². The molecular weight excluding hydrogens is 166 g/mol. The van der Waals surface area contributed by atoms with Crippen molar-refractivity contribution in [3.8, 4) is 0 Å². The predicted molar refractivity (Wildman–Crippen MR) is 53.6 cm³/mol. The van der Waals surface area contributed by atoms with Crippen LogP contribution in [0.3, 0.4) is 0 Å². The molecule has 0 aromatic heterocycles. The molecule has 0 aromatic carbocycles. The molecule has 4 nitrogen and oxygen atoms in total. The number of carbonyl (C=O) groups excluding carboxylic acids is 1. The van der Waals surface area contributed by atoms with Crippen molar-refractivity contribution in [2.75, 3.05) is 13.1 Å². The highest BCUT2D eigenvalue weighted by Crippen LogP contribution is 1.98. The van der Waals surface area contributed by atoms with E-state index in [2.05, 4.69) is 6.58 Å². The minimum atomic E-state index is -0.187. The number of unbranched alkanes of at least 4 members (excludes halogenated alkanes) is 2. The molecule has 13 heavy (non-hydrogen) atoms. The first-order valence-electron chi connectivity index (χ1n) is 4.51. The van der Waals surface area contributed by atoms with Crippen molar-refractivity contribution in [2.24, 2.45) is 11.6 Å². The van der Waals surface area contributed by atoms with E-state index in [0.717, 1.165) is 19.3 Å². The maximum Gasteiger partial charge on any atom is 0.262 e. The van der Waals surface area contributed by atoms with Crippen LogP contribution in [0.2, 0.25) is 0 Å². The third-order valence-corrected chi connectivity index (χ3v) is 1.73. The van der Waals surface area contributed by atoms with Crippen LogP contribution in [-0.2, 0) is 4.79 Å². The molecule has 0 rings (SSSR count). The fraction of sp³-hybridized carbons (Fsp3) is 0.667. The van der Waals surface area contributed by atoms with E-state index in [1.54, 1.807) is 6.92 Å². The molecule has 0 fully saturated rings. The average Bonchev–Trinajstić information content (AvgIpc) is 2.10. The lowest BCUT2D eigenvalue weighted by Crippen LogP contribution is -2.38. The van der Waals surface area contributed by atoms with Gasteiger partial charge >= 0.3 is 0 Å². The van der Waals surface area contributed by atoms with Gasteiger partial charge in [-0.05, 0) is 26.3 Å². The first kappa shape index (κ1) is 12.1. The first-order valence-corrected chi connectivity index (χ1v) is 4.51. The molecule has 0 spiro atoms. The zero-order chi connectivity index (χ0) is 10.3. The summed E-state index contributed by atoms with van der Waals surface area (Å²) in [6.07, 6.45) is 2.88. The lowest BCUT2D eigenvalue weighted by Gasteiger charge is -2.15. The molecule has 4 heteroatoms. The highest BCUT2D eigenvalue weighted by molar-refractivity contribution is 5.91. The van der Waals surface area contributed by atoms with Gasteiger partial charge < -0.3 is 5.73 Å². The van der Waals surface area contributed by atoms with Crippen LogP contribution in [0.25, 0.3) is 0 Å². The summed E-state index contributed by atoms with van der Waals surface area (Å²) in [4.78, 5) is 11.2. The second-order valence-corrected chi connectivity index (χ2v) is 3.13. The third-order valence-electron chi connectivity index (χ3n) is 1.73. The van der Waals surface area contributed by atoms with Crippen molar-refractivity contribution in [2.45, 2.75) is 26.2 Å². The van der Waals surface area contributed by atoms with Crippen LogP contribution in [0.4, 0.5) is 0 Å². The van der Waals surface area contributed by atoms with Crippen molar-refractivity contribution < 1.29 is 4.79 Å². The highest BCUT2D eigenvalue weighted by Gasteiger charge is 2.08. The van der Waals surface area contributed by atoms with E-state index in [0.29, 0.717) is 18.7 Å². The number of hydrogen-bond donors (Lipinski definition) is 2. The summed E-state index contributed by atoms with van der Waals surface area (Å²) in [5.74, 6) is 5.30. The molecule has 0 aliphatic carbocycles. The van der Waals surface area contributed by atoms with Gasteiger partial charge in [-0.3, -0.25) is 9.80 Å². The Hall–Kier alpha value is -0.870. The largest absolute Gasteiger partial charge is 0.330 e. The van der Waals surface area contributed by atoms with E-state index in [4.69, 9.17) is 11.6 Å². The number of hydrazine groups is 1. The Kier molecular flexibility index (Phi) is 6.18. The van der Waals surface area contributed by atoms with Crippen LogP contribution in [0.1, 0.15) is 26.2 Å². The summed E-state index contributed by atoms with van der Waals surface area (Å²) >= 11 is 0. The number of carbonyl (C=O) groups is 1. The van der Waals surface area contributed by atoms with Gasteiger partial charge in [0.15, 0.2) is 0 Å². The van der Waals surface area contributed by atoms with Crippen LogP contribution >= 0.6 is 0 Å².